The van der Waals surface area contributed by atoms with E-state index in [0.717, 1.165) is 32.0 Å². The number of nitrogens with two attached hydrogens (primary N) is 1. The standard InChI is InChI=1S/C12H23N5/c1-2-3-10(6-13)7-15-12-4-5-16-17(12)11-8-14-9-11/h4-5,10-11,14-15H,2-3,6-9,13H2,1H3. The van der Waals surface area contributed by atoms with Gasteiger partial charge in [0.05, 0.1) is 12.2 Å². The lowest BCUT2D eigenvalue weighted by Crippen LogP contribution is -2.44. The molecule has 0 spiro atoms. The quantitative estimate of drug-likeness (QED) is 0.656. The van der Waals surface area contributed by atoms with Crippen molar-refractivity contribution < 1.29 is 0 Å². The van der Waals surface area contributed by atoms with Crippen LogP contribution in [-0.2, 0) is 0 Å². The van der Waals surface area contributed by atoms with Crippen molar-refractivity contribution in [2.24, 2.45) is 11.7 Å². The van der Waals surface area contributed by atoms with Gasteiger partial charge in [0.25, 0.3) is 0 Å². The van der Waals surface area contributed by atoms with Crippen molar-refractivity contribution >= 4 is 5.82 Å². The van der Waals surface area contributed by atoms with E-state index in [0.29, 0.717) is 12.0 Å². The lowest BCUT2D eigenvalue weighted by molar-refractivity contribution is 0.321. The summed E-state index contributed by atoms with van der Waals surface area (Å²) in [4.78, 5) is 0. The first-order chi connectivity index (χ1) is 8.35. The summed E-state index contributed by atoms with van der Waals surface area (Å²) in [5, 5.41) is 11.1. The number of anilines is 1. The van der Waals surface area contributed by atoms with E-state index in [4.69, 9.17) is 5.73 Å². The van der Waals surface area contributed by atoms with E-state index >= 15 is 0 Å². The first kappa shape index (κ1) is 12.4. The van der Waals surface area contributed by atoms with Crippen molar-refractivity contribution in [1.82, 2.24) is 15.1 Å². The Labute approximate surface area is 103 Å². The summed E-state index contributed by atoms with van der Waals surface area (Å²) in [6.07, 6.45) is 4.23. The molecule has 17 heavy (non-hydrogen) atoms. The smallest absolute Gasteiger partial charge is 0.124 e. The Morgan fingerprint density at radius 2 is 2.47 bits per heavy atom. The normalized spacial score (nSPS) is 17.8. The fourth-order valence-corrected chi connectivity index (χ4v) is 2.15. The van der Waals surface area contributed by atoms with E-state index in [1.54, 1.807) is 0 Å². The molecule has 1 aliphatic rings. The molecule has 1 unspecified atom stereocenters. The minimum absolute atomic E-state index is 0.509. The molecule has 0 amide bonds. The Bertz CT molecular complexity index is 331. The third-order valence-electron chi connectivity index (χ3n) is 3.38. The van der Waals surface area contributed by atoms with Crippen molar-refractivity contribution in [2.75, 3.05) is 31.5 Å². The highest BCUT2D eigenvalue weighted by Crippen LogP contribution is 2.18. The average molecular weight is 237 g/mol. The van der Waals surface area contributed by atoms with Gasteiger partial charge in [0.1, 0.15) is 5.82 Å². The van der Waals surface area contributed by atoms with E-state index < -0.39 is 0 Å². The van der Waals surface area contributed by atoms with Crippen LogP contribution >= 0.6 is 0 Å². The van der Waals surface area contributed by atoms with Crippen LogP contribution in [0.3, 0.4) is 0 Å². The third-order valence-corrected chi connectivity index (χ3v) is 3.38. The van der Waals surface area contributed by atoms with Crippen LogP contribution in [0.25, 0.3) is 0 Å². The van der Waals surface area contributed by atoms with Crippen LogP contribution in [0.4, 0.5) is 5.82 Å². The molecule has 1 fully saturated rings. The van der Waals surface area contributed by atoms with Gasteiger partial charge < -0.3 is 16.4 Å². The molecule has 0 radical (unpaired) electrons. The molecule has 2 rings (SSSR count). The molecule has 1 aliphatic heterocycles. The number of nitrogens with zero attached hydrogens (tertiary/aromatic N) is 2. The summed E-state index contributed by atoms with van der Waals surface area (Å²) >= 11 is 0. The van der Waals surface area contributed by atoms with Gasteiger partial charge in [0, 0.05) is 25.7 Å². The van der Waals surface area contributed by atoms with E-state index in [1.807, 2.05) is 12.3 Å². The molecular formula is C12H23N5. The maximum absolute atomic E-state index is 5.76. The zero-order valence-electron chi connectivity index (χ0n) is 10.5. The van der Waals surface area contributed by atoms with Crippen LogP contribution in [0.2, 0.25) is 0 Å². The van der Waals surface area contributed by atoms with Crippen molar-refractivity contribution in [1.29, 1.82) is 0 Å². The van der Waals surface area contributed by atoms with Crippen molar-refractivity contribution in [3.05, 3.63) is 12.3 Å². The summed E-state index contributed by atoms with van der Waals surface area (Å²) in [5.74, 6) is 1.67. The molecule has 4 N–H and O–H groups in total. The largest absolute Gasteiger partial charge is 0.370 e. The van der Waals surface area contributed by atoms with Gasteiger partial charge in [-0.05, 0) is 18.9 Å². The molecule has 0 aliphatic carbocycles. The van der Waals surface area contributed by atoms with Crippen molar-refractivity contribution in [2.45, 2.75) is 25.8 Å². The van der Waals surface area contributed by atoms with E-state index in [-0.39, 0.29) is 0 Å². The molecule has 1 aromatic heterocycles. The second kappa shape index (κ2) is 6.02. The molecule has 0 saturated carbocycles. The number of hydrogen-bond acceptors (Lipinski definition) is 4. The maximum Gasteiger partial charge on any atom is 0.124 e. The van der Waals surface area contributed by atoms with E-state index in [2.05, 4.69) is 27.3 Å². The Hall–Kier alpha value is -1.07. The Balaban J connectivity index is 1.87. The topological polar surface area (TPSA) is 67.9 Å². The summed E-state index contributed by atoms with van der Waals surface area (Å²) < 4.78 is 2.08. The zero-order valence-corrected chi connectivity index (χ0v) is 10.5. The van der Waals surface area contributed by atoms with Crippen LogP contribution in [0.15, 0.2) is 12.3 Å². The van der Waals surface area contributed by atoms with Crippen molar-refractivity contribution in [3.8, 4) is 0 Å². The minimum Gasteiger partial charge on any atom is -0.370 e. The first-order valence-corrected chi connectivity index (χ1v) is 6.53. The fourth-order valence-electron chi connectivity index (χ4n) is 2.15. The number of hydrogen-bond donors (Lipinski definition) is 3. The molecule has 1 atom stereocenters. The van der Waals surface area contributed by atoms with Crippen LogP contribution in [0, 0.1) is 5.92 Å². The van der Waals surface area contributed by atoms with Gasteiger partial charge in [-0.1, -0.05) is 13.3 Å². The molecule has 2 heterocycles. The average Bonchev–Trinajstić information content (AvgIpc) is 2.70. The maximum atomic E-state index is 5.76. The summed E-state index contributed by atoms with van der Waals surface area (Å²) in [5.41, 5.74) is 5.76. The first-order valence-electron chi connectivity index (χ1n) is 6.53. The highest BCUT2D eigenvalue weighted by molar-refractivity contribution is 5.34. The van der Waals surface area contributed by atoms with Crippen LogP contribution in [0.5, 0.6) is 0 Å². The van der Waals surface area contributed by atoms with Gasteiger partial charge in [-0.2, -0.15) is 5.10 Å². The fraction of sp³-hybridized carbons (Fsp3) is 0.750. The van der Waals surface area contributed by atoms with Gasteiger partial charge in [-0.3, -0.25) is 0 Å². The Morgan fingerprint density at radius 3 is 3.06 bits per heavy atom. The molecule has 0 aromatic carbocycles. The number of aromatic nitrogens is 2. The third kappa shape index (κ3) is 2.98. The number of rotatable bonds is 7. The lowest BCUT2D eigenvalue weighted by Gasteiger charge is -2.29. The minimum atomic E-state index is 0.509. The second-order valence-corrected chi connectivity index (χ2v) is 4.74. The van der Waals surface area contributed by atoms with Crippen LogP contribution in [-0.4, -0.2) is 36.0 Å². The van der Waals surface area contributed by atoms with Gasteiger partial charge in [0.2, 0.25) is 0 Å². The summed E-state index contributed by atoms with van der Waals surface area (Å²) in [6, 6.07) is 2.55. The van der Waals surface area contributed by atoms with E-state index in [1.165, 1.54) is 12.8 Å². The molecule has 1 aromatic rings. The predicted molar refractivity (Wildman–Crippen MR) is 70.1 cm³/mol. The highest BCUT2D eigenvalue weighted by atomic mass is 15.4. The summed E-state index contributed by atoms with van der Waals surface area (Å²) in [7, 11) is 0. The van der Waals surface area contributed by atoms with E-state index in [9.17, 15) is 0 Å². The molecule has 0 bridgehead atoms. The molecule has 1 saturated heterocycles. The Morgan fingerprint density at radius 1 is 1.65 bits per heavy atom. The molecule has 96 valence electrons. The van der Waals surface area contributed by atoms with Crippen molar-refractivity contribution in [3.63, 3.8) is 0 Å². The predicted octanol–water partition coefficient (Wildman–Crippen LogP) is 0.814. The van der Waals surface area contributed by atoms with Gasteiger partial charge in [0.15, 0.2) is 0 Å². The Kier molecular flexibility index (Phi) is 4.39. The monoisotopic (exact) mass is 237 g/mol. The van der Waals surface area contributed by atoms with Gasteiger partial charge in [-0.15, -0.1) is 0 Å². The number of nitrogens with one attached hydrogen (secondary N) is 2. The molecule has 5 heteroatoms. The molecular weight excluding hydrogens is 214 g/mol. The van der Waals surface area contributed by atoms with Gasteiger partial charge in [-0.25, -0.2) is 4.68 Å². The lowest BCUT2D eigenvalue weighted by atomic mass is 10.0. The zero-order chi connectivity index (χ0) is 12.1. The second-order valence-electron chi connectivity index (χ2n) is 4.74. The highest BCUT2D eigenvalue weighted by Gasteiger charge is 2.21. The summed E-state index contributed by atoms with van der Waals surface area (Å²) in [6.45, 7) is 5.93. The van der Waals surface area contributed by atoms with Gasteiger partial charge >= 0.3 is 0 Å². The van der Waals surface area contributed by atoms with Crippen LogP contribution < -0.4 is 16.4 Å². The molecule has 5 nitrogen and oxygen atoms in total. The SMILES string of the molecule is CCCC(CN)CNc1ccnn1C1CNC1. The van der Waals surface area contributed by atoms with Crippen LogP contribution in [0.1, 0.15) is 25.8 Å².